The summed E-state index contributed by atoms with van der Waals surface area (Å²) in [5.41, 5.74) is 8.39. The van der Waals surface area contributed by atoms with Crippen LogP contribution in [-0.2, 0) is 19.7 Å². The Morgan fingerprint density at radius 3 is 1.69 bits per heavy atom. The predicted molar refractivity (Wildman–Crippen MR) is 211 cm³/mol. The molecule has 2 aliphatic heterocycles. The normalized spacial score (nSPS) is 14.8. The number of para-hydroxylation sites is 3. The van der Waals surface area contributed by atoms with E-state index in [0.29, 0.717) is 11.1 Å². The highest BCUT2D eigenvalue weighted by Crippen LogP contribution is 2.54. The maximum absolute atomic E-state index is 14.3. The predicted octanol–water partition coefficient (Wildman–Crippen LogP) is 9.17. The zero-order valence-corrected chi connectivity index (χ0v) is 30.4. The van der Waals surface area contributed by atoms with Gasteiger partial charge in [-0.1, -0.05) is 145 Å². The van der Waals surface area contributed by atoms with Crippen molar-refractivity contribution in [2.24, 2.45) is 0 Å². The Labute approximate surface area is 308 Å². The maximum atomic E-state index is 14.3. The van der Waals surface area contributed by atoms with Crippen molar-refractivity contribution in [3.8, 4) is 22.3 Å². The molecule has 0 atom stereocenters. The third-order valence-electron chi connectivity index (χ3n) is 9.96. The van der Waals surface area contributed by atoms with E-state index in [1.807, 2.05) is 36.4 Å². The molecule has 0 bridgehead atoms. The largest absolute Gasteiger partial charge is 0.308 e. The maximum Gasteiger partial charge on any atom is 0.209 e. The van der Waals surface area contributed by atoms with Crippen LogP contribution in [0.15, 0.2) is 193 Å². The summed E-state index contributed by atoms with van der Waals surface area (Å²) >= 11 is 1.76. The Balaban J connectivity index is 1.22. The summed E-state index contributed by atoms with van der Waals surface area (Å²) in [5.74, 6) is 0. The van der Waals surface area contributed by atoms with Gasteiger partial charge < -0.3 is 4.90 Å². The lowest BCUT2D eigenvalue weighted by molar-refractivity contribution is 0.570. The van der Waals surface area contributed by atoms with E-state index in [1.54, 1.807) is 36.0 Å². The fourth-order valence-corrected chi connectivity index (χ4v) is 13.1. The van der Waals surface area contributed by atoms with Crippen molar-refractivity contribution in [2.45, 2.75) is 36.2 Å². The van der Waals surface area contributed by atoms with Gasteiger partial charge in [0.05, 0.1) is 31.0 Å². The van der Waals surface area contributed by atoms with Crippen molar-refractivity contribution >= 4 is 66.1 Å². The van der Waals surface area contributed by atoms with Crippen molar-refractivity contribution in [3.05, 3.63) is 164 Å². The molecule has 5 nitrogen and oxygen atoms in total. The molecule has 0 fully saturated rings. The minimum absolute atomic E-state index is 0.173. The van der Waals surface area contributed by atoms with E-state index in [2.05, 4.69) is 96.7 Å². The van der Waals surface area contributed by atoms with Crippen molar-refractivity contribution < 1.29 is 16.8 Å². The van der Waals surface area contributed by atoms with Crippen LogP contribution in [0.4, 0.5) is 17.1 Å². The average Bonchev–Trinajstić information content (AvgIpc) is 3.19. The second kappa shape index (κ2) is 12.4. The number of sulfone groups is 2. The number of fused-ring (bicyclic) bond motifs is 4. The molecule has 0 saturated carbocycles. The van der Waals surface area contributed by atoms with E-state index in [4.69, 9.17) is 0 Å². The summed E-state index contributed by atoms with van der Waals surface area (Å²) in [6.45, 7) is 1.92. The summed E-state index contributed by atoms with van der Waals surface area (Å²) < 4.78 is 56.3. The molecule has 0 amide bonds. The number of hydrogen-bond acceptors (Lipinski definition) is 6. The topological polar surface area (TPSA) is 71.5 Å². The van der Waals surface area contributed by atoms with Gasteiger partial charge in [0.25, 0.3) is 0 Å². The second-order valence-corrected chi connectivity index (χ2v) is 17.7. The van der Waals surface area contributed by atoms with Crippen LogP contribution in [0.3, 0.4) is 0 Å². The van der Waals surface area contributed by atoms with E-state index in [-0.39, 0.29) is 26.3 Å². The van der Waals surface area contributed by atoms with E-state index >= 15 is 0 Å². The molecule has 0 saturated heterocycles. The molecule has 9 heteroatoms. The number of hydrogen-bond donors (Lipinski definition) is 0. The smallest absolute Gasteiger partial charge is 0.209 e. The van der Waals surface area contributed by atoms with Crippen LogP contribution in [-0.4, -0.2) is 23.5 Å². The van der Waals surface area contributed by atoms with Gasteiger partial charge in [-0.3, -0.25) is 0 Å². The second-order valence-electron chi connectivity index (χ2n) is 12.9. The van der Waals surface area contributed by atoms with Gasteiger partial charge in [-0.2, -0.15) is 0 Å². The molecule has 0 N–H and O–H groups in total. The molecule has 2 aliphatic rings. The van der Waals surface area contributed by atoms with Crippen LogP contribution in [0.5, 0.6) is 0 Å². The minimum Gasteiger partial charge on any atom is -0.308 e. The van der Waals surface area contributed by atoms with Gasteiger partial charge in [-0.15, -0.1) is 0 Å². The molecule has 52 heavy (non-hydrogen) atoms. The van der Waals surface area contributed by atoms with E-state index in [1.165, 1.54) is 23.1 Å². The van der Waals surface area contributed by atoms with Crippen LogP contribution in [0.1, 0.15) is 0 Å². The molecule has 0 aromatic heterocycles. The first-order chi connectivity index (χ1) is 25.3. The summed E-state index contributed by atoms with van der Waals surface area (Å²) in [6.07, 6.45) is 0. The standard InChI is InChI=1S/C43H30BNO4S3/c1-44(35-22-8-6-18-31(35)33-20-14-28-41-43(33)52(48,49)40-27-12-11-26-39(40)51(41,46)47)34-21-7-5-17-30(34)32-19-13-25-38-42(32)45(29-15-3-2-4-16-29)36-23-9-10-24-37(36)50-38/h2-28H,1H3. The highest BCUT2D eigenvalue weighted by molar-refractivity contribution is 7.99. The molecule has 7 aromatic rings. The third kappa shape index (κ3) is 4.99. The van der Waals surface area contributed by atoms with Gasteiger partial charge in [0.2, 0.25) is 26.4 Å². The van der Waals surface area contributed by atoms with Gasteiger partial charge in [0.1, 0.15) is 0 Å². The van der Waals surface area contributed by atoms with Gasteiger partial charge in [0.15, 0.2) is 0 Å². The number of rotatable bonds is 5. The molecule has 9 rings (SSSR count). The first-order valence-corrected chi connectivity index (χ1v) is 20.7. The number of nitrogens with zero attached hydrogens (tertiary/aromatic N) is 1. The van der Waals surface area contributed by atoms with Crippen LogP contribution < -0.4 is 15.8 Å². The minimum atomic E-state index is -4.16. The van der Waals surface area contributed by atoms with E-state index in [0.717, 1.165) is 44.0 Å². The molecular weight excluding hydrogens is 701 g/mol. The first-order valence-electron chi connectivity index (χ1n) is 16.9. The zero-order chi connectivity index (χ0) is 35.6. The lowest BCUT2D eigenvalue weighted by Gasteiger charge is -2.35. The van der Waals surface area contributed by atoms with E-state index in [9.17, 15) is 16.8 Å². The van der Waals surface area contributed by atoms with E-state index < -0.39 is 19.7 Å². The SMILES string of the molecule is CB(c1ccccc1-c1cccc2c1N(c1ccccc1)c1ccccc1S2)c1ccccc1-c1cccc2c1S(=O)(=O)c1ccccc1S2(=O)=O. The van der Waals surface area contributed by atoms with Crippen LogP contribution >= 0.6 is 11.8 Å². The van der Waals surface area contributed by atoms with Crippen LogP contribution in [0.2, 0.25) is 6.82 Å². The summed E-state index contributed by atoms with van der Waals surface area (Å²) in [4.78, 5) is 3.91. The Morgan fingerprint density at radius 2 is 0.962 bits per heavy atom. The molecule has 2 heterocycles. The third-order valence-corrected chi connectivity index (χ3v) is 15.1. The van der Waals surface area contributed by atoms with Gasteiger partial charge in [0, 0.05) is 26.6 Å². The molecule has 0 radical (unpaired) electrons. The fraction of sp³-hybridized carbons (Fsp3) is 0.0233. The Kier molecular flexibility index (Phi) is 7.77. The van der Waals surface area contributed by atoms with Crippen LogP contribution in [0.25, 0.3) is 22.3 Å². The number of benzene rings is 7. The lowest BCUT2D eigenvalue weighted by Crippen LogP contribution is -2.41. The highest BCUT2D eigenvalue weighted by Gasteiger charge is 2.41. The molecule has 252 valence electrons. The molecular formula is C43H30BNO4S3. The van der Waals surface area contributed by atoms with Gasteiger partial charge in [-0.05, 0) is 59.7 Å². The molecule has 7 aromatic carbocycles. The first kappa shape index (κ1) is 32.6. The Morgan fingerprint density at radius 1 is 0.462 bits per heavy atom. The number of anilines is 3. The average molecular weight is 732 g/mol. The summed E-state index contributed by atoms with van der Waals surface area (Å²) in [6, 6.07) is 52.0. The van der Waals surface area contributed by atoms with Crippen molar-refractivity contribution in [1.29, 1.82) is 0 Å². The summed E-state index contributed by atoms with van der Waals surface area (Å²) in [7, 11) is -8.24. The molecule has 0 aliphatic carbocycles. The highest BCUT2D eigenvalue weighted by atomic mass is 32.2. The van der Waals surface area contributed by atoms with Crippen molar-refractivity contribution in [1.82, 2.24) is 0 Å². The Hall–Kier alpha value is -5.35. The Bertz CT molecular complexity index is 2790. The van der Waals surface area contributed by atoms with Gasteiger partial charge in [-0.25, -0.2) is 16.8 Å². The van der Waals surface area contributed by atoms with Crippen molar-refractivity contribution in [2.75, 3.05) is 4.90 Å². The summed E-state index contributed by atoms with van der Waals surface area (Å²) in [5, 5.41) is 0. The van der Waals surface area contributed by atoms with Crippen molar-refractivity contribution in [3.63, 3.8) is 0 Å². The lowest BCUT2D eigenvalue weighted by atomic mass is 9.40. The van der Waals surface area contributed by atoms with Crippen LogP contribution in [0, 0.1) is 0 Å². The molecule has 0 spiro atoms. The fourth-order valence-electron chi connectivity index (χ4n) is 7.61. The quantitative estimate of drug-likeness (QED) is 0.165. The van der Waals surface area contributed by atoms with Gasteiger partial charge >= 0.3 is 0 Å². The zero-order valence-electron chi connectivity index (χ0n) is 28.0. The molecule has 0 unspecified atom stereocenters. The monoisotopic (exact) mass is 731 g/mol.